The van der Waals surface area contributed by atoms with E-state index in [0.29, 0.717) is 0 Å². The van der Waals surface area contributed by atoms with Gasteiger partial charge in [-0.25, -0.2) is 9.37 Å². The number of halogens is 3. The predicted octanol–water partition coefficient (Wildman–Crippen LogP) is 3.07. The molecule has 0 unspecified atom stereocenters. The highest BCUT2D eigenvalue weighted by molar-refractivity contribution is 6.02. The van der Waals surface area contributed by atoms with Crippen LogP contribution in [0.5, 0.6) is 5.75 Å². The lowest BCUT2D eigenvalue weighted by Gasteiger charge is -2.07. The monoisotopic (exact) mass is 282 g/mol. The van der Waals surface area contributed by atoms with E-state index in [2.05, 4.69) is 15.0 Å². The second kappa shape index (κ2) is 6.05. The number of aromatic nitrogens is 1. The highest BCUT2D eigenvalue weighted by Gasteiger charge is 2.11. The normalized spacial score (nSPS) is 10.4. The van der Waals surface area contributed by atoms with Crippen LogP contribution < -0.4 is 10.1 Å². The van der Waals surface area contributed by atoms with Crippen molar-refractivity contribution in [1.82, 2.24) is 4.98 Å². The molecule has 0 aliphatic carbocycles. The maximum absolute atomic E-state index is 13.3. The van der Waals surface area contributed by atoms with Crippen molar-refractivity contribution in [2.45, 2.75) is 6.61 Å². The molecule has 1 amide bonds. The average Bonchev–Trinajstić information content (AvgIpc) is 2.41. The van der Waals surface area contributed by atoms with Crippen LogP contribution in [-0.4, -0.2) is 17.5 Å². The summed E-state index contributed by atoms with van der Waals surface area (Å²) >= 11 is 0. The van der Waals surface area contributed by atoms with Crippen molar-refractivity contribution in [1.29, 1.82) is 0 Å². The van der Waals surface area contributed by atoms with Gasteiger partial charge in [0, 0.05) is 0 Å². The Morgan fingerprint density at radius 2 is 1.95 bits per heavy atom. The first-order chi connectivity index (χ1) is 9.56. The summed E-state index contributed by atoms with van der Waals surface area (Å²) < 4.78 is 41.3. The molecule has 0 atom stereocenters. The standard InChI is InChI=1S/C13H9F3N2O2/c14-9-3-1-2-4-10(9)18-12(19)11-6-5-8(7-17-11)20-13(15)16/h1-7,13H,(H,18,19). The van der Waals surface area contributed by atoms with E-state index in [9.17, 15) is 18.0 Å². The summed E-state index contributed by atoms with van der Waals surface area (Å²) in [6.45, 7) is -2.96. The second-order valence-corrected chi connectivity index (χ2v) is 3.69. The van der Waals surface area contributed by atoms with Gasteiger partial charge < -0.3 is 10.1 Å². The Morgan fingerprint density at radius 1 is 1.20 bits per heavy atom. The number of benzene rings is 1. The lowest BCUT2D eigenvalue weighted by atomic mass is 10.3. The summed E-state index contributed by atoms with van der Waals surface area (Å²) in [4.78, 5) is 15.4. The Hall–Kier alpha value is -2.57. The Balaban J connectivity index is 2.08. The first-order valence-corrected chi connectivity index (χ1v) is 5.53. The number of nitrogens with one attached hydrogen (secondary N) is 1. The van der Waals surface area contributed by atoms with Crippen molar-refractivity contribution in [3.63, 3.8) is 0 Å². The zero-order chi connectivity index (χ0) is 14.5. The van der Waals surface area contributed by atoms with Crippen molar-refractivity contribution < 1.29 is 22.7 Å². The molecule has 1 N–H and O–H groups in total. The number of carbonyl (C=O) groups excluding carboxylic acids is 1. The maximum atomic E-state index is 13.3. The zero-order valence-corrected chi connectivity index (χ0v) is 10.0. The fourth-order valence-corrected chi connectivity index (χ4v) is 1.44. The summed E-state index contributed by atoms with van der Waals surface area (Å²) in [6, 6.07) is 8.01. The van der Waals surface area contributed by atoms with Crippen LogP contribution in [0.15, 0.2) is 42.6 Å². The molecule has 0 aliphatic heterocycles. The van der Waals surface area contributed by atoms with Gasteiger partial charge in [-0.2, -0.15) is 8.78 Å². The van der Waals surface area contributed by atoms with Crippen molar-refractivity contribution >= 4 is 11.6 Å². The smallest absolute Gasteiger partial charge is 0.387 e. The van der Waals surface area contributed by atoms with Crippen molar-refractivity contribution in [3.8, 4) is 5.75 Å². The molecule has 2 rings (SSSR count). The van der Waals surface area contributed by atoms with Gasteiger partial charge in [-0.15, -0.1) is 0 Å². The van der Waals surface area contributed by atoms with Crippen LogP contribution in [0.25, 0.3) is 0 Å². The molecule has 104 valence electrons. The number of amides is 1. The van der Waals surface area contributed by atoms with E-state index in [1.165, 1.54) is 30.3 Å². The summed E-state index contributed by atoms with van der Waals surface area (Å²) in [5, 5.41) is 2.32. The van der Waals surface area contributed by atoms with Gasteiger partial charge in [-0.1, -0.05) is 12.1 Å². The van der Waals surface area contributed by atoms with Crippen molar-refractivity contribution in [3.05, 3.63) is 54.1 Å². The molecule has 1 aromatic heterocycles. The van der Waals surface area contributed by atoms with Crippen LogP contribution >= 0.6 is 0 Å². The van der Waals surface area contributed by atoms with E-state index in [-0.39, 0.29) is 17.1 Å². The number of hydrogen-bond acceptors (Lipinski definition) is 3. The number of hydrogen-bond donors (Lipinski definition) is 1. The number of ether oxygens (including phenoxy) is 1. The molecule has 2 aromatic rings. The molecule has 0 fully saturated rings. The van der Waals surface area contributed by atoms with Gasteiger partial charge in [0.15, 0.2) is 0 Å². The predicted molar refractivity (Wildman–Crippen MR) is 65.2 cm³/mol. The van der Waals surface area contributed by atoms with E-state index >= 15 is 0 Å². The van der Waals surface area contributed by atoms with Gasteiger partial charge in [0.2, 0.25) is 0 Å². The fourth-order valence-electron chi connectivity index (χ4n) is 1.44. The molecule has 0 aliphatic rings. The van der Waals surface area contributed by atoms with E-state index in [4.69, 9.17) is 0 Å². The molecule has 7 heteroatoms. The molecule has 20 heavy (non-hydrogen) atoms. The second-order valence-electron chi connectivity index (χ2n) is 3.69. The van der Waals surface area contributed by atoms with Crippen LogP contribution in [0.1, 0.15) is 10.5 Å². The topological polar surface area (TPSA) is 51.2 Å². The highest BCUT2D eigenvalue weighted by atomic mass is 19.3. The molecule has 0 saturated carbocycles. The number of carbonyl (C=O) groups is 1. The van der Waals surface area contributed by atoms with E-state index in [1.807, 2.05) is 0 Å². The molecular formula is C13H9F3N2O2. The fraction of sp³-hybridized carbons (Fsp3) is 0.0769. The highest BCUT2D eigenvalue weighted by Crippen LogP contribution is 2.15. The van der Waals surface area contributed by atoms with Crippen LogP contribution in [0.2, 0.25) is 0 Å². The molecule has 0 saturated heterocycles. The SMILES string of the molecule is O=C(Nc1ccccc1F)c1ccc(OC(F)F)cn1. The van der Waals surface area contributed by atoms with E-state index in [1.54, 1.807) is 6.07 Å². The van der Waals surface area contributed by atoms with Gasteiger partial charge in [-0.05, 0) is 24.3 Å². The number of nitrogens with zero attached hydrogens (tertiary/aromatic N) is 1. The van der Waals surface area contributed by atoms with E-state index in [0.717, 1.165) is 6.20 Å². The van der Waals surface area contributed by atoms with Gasteiger partial charge in [0.1, 0.15) is 17.3 Å². The number of anilines is 1. The Kier molecular flexibility index (Phi) is 4.19. The van der Waals surface area contributed by atoms with Crippen molar-refractivity contribution in [2.75, 3.05) is 5.32 Å². The lowest BCUT2D eigenvalue weighted by molar-refractivity contribution is -0.0500. The van der Waals surface area contributed by atoms with E-state index < -0.39 is 18.3 Å². The summed E-state index contributed by atoms with van der Waals surface area (Å²) in [6.07, 6.45) is 0.989. The molecule has 1 aromatic carbocycles. The third-order valence-electron chi connectivity index (χ3n) is 2.32. The van der Waals surface area contributed by atoms with Crippen molar-refractivity contribution in [2.24, 2.45) is 0 Å². The number of para-hydroxylation sites is 1. The summed E-state index contributed by atoms with van der Waals surface area (Å²) in [7, 11) is 0. The molecule has 0 spiro atoms. The minimum Gasteiger partial charge on any atom is -0.433 e. The summed E-state index contributed by atoms with van der Waals surface area (Å²) in [5.74, 6) is -1.40. The van der Waals surface area contributed by atoms with Crippen LogP contribution in [0, 0.1) is 5.82 Å². The van der Waals surface area contributed by atoms with Crippen LogP contribution in [-0.2, 0) is 0 Å². The number of alkyl halides is 2. The average molecular weight is 282 g/mol. The minimum absolute atomic E-state index is 0.00667. The summed E-state index contributed by atoms with van der Waals surface area (Å²) in [5.41, 5.74) is -0.0397. The van der Waals surface area contributed by atoms with Crippen LogP contribution in [0.4, 0.5) is 18.9 Å². The Morgan fingerprint density at radius 3 is 2.55 bits per heavy atom. The first-order valence-electron chi connectivity index (χ1n) is 5.53. The first kappa shape index (κ1) is 13.9. The molecule has 4 nitrogen and oxygen atoms in total. The quantitative estimate of drug-likeness (QED) is 0.937. The number of pyridine rings is 1. The van der Waals surface area contributed by atoms with Gasteiger partial charge in [0.05, 0.1) is 11.9 Å². The lowest BCUT2D eigenvalue weighted by Crippen LogP contribution is -2.14. The van der Waals surface area contributed by atoms with Crippen LogP contribution in [0.3, 0.4) is 0 Å². The van der Waals surface area contributed by atoms with Gasteiger partial charge >= 0.3 is 6.61 Å². The third kappa shape index (κ3) is 3.47. The Labute approximate surface area is 112 Å². The van der Waals surface area contributed by atoms with Gasteiger partial charge in [-0.3, -0.25) is 4.79 Å². The number of rotatable bonds is 4. The maximum Gasteiger partial charge on any atom is 0.387 e. The molecule has 0 radical (unpaired) electrons. The molecule has 0 bridgehead atoms. The largest absolute Gasteiger partial charge is 0.433 e. The molecular weight excluding hydrogens is 273 g/mol. The third-order valence-corrected chi connectivity index (χ3v) is 2.32. The minimum atomic E-state index is -2.96. The Bertz CT molecular complexity index is 603. The van der Waals surface area contributed by atoms with Gasteiger partial charge in [0.25, 0.3) is 5.91 Å². The molecule has 1 heterocycles. The zero-order valence-electron chi connectivity index (χ0n) is 10.0.